The van der Waals surface area contributed by atoms with Crippen LogP contribution in [0.3, 0.4) is 0 Å². The van der Waals surface area contributed by atoms with Gasteiger partial charge < -0.3 is 14.7 Å². The van der Waals surface area contributed by atoms with E-state index in [2.05, 4.69) is 143 Å². The zero-order valence-electron chi connectivity index (χ0n) is 23.0. The quantitative estimate of drug-likeness (QED) is 0.201. The van der Waals surface area contributed by atoms with E-state index >= 15 is 0 Å². The van der Waals surface area contributed by atoms with E-state index < -0.39 is 8.60 Å². The van der Waals surface area contributed by atoms with E-state index in [1.54, 1.807) is 0 Å². The fraction of sp³-hybridized carbons (Fsp3) is 0.444. The van der Waals surface area contributed by atoms with Gasteiger partial charge in [-0.2, -0.15) is 0 Å². The van der Waals surface area contributed by atoms with Crippen molar-refractivity contribution in [3.63, 3.8) is 0 Å². The second-order valence-corrected chi connectivity index (χ2v) is 14.4. The molecule has 3 aromatic rings. The van der Waals surface area contributed by atoms with Crippen molar-refractivity contribution in [2.45, 2.75) is 78.6 Å². The molecule has 0 radical (unpaired) electrons. The van der Waals surface area contributed by atoms with Gasteiger partial charge in [-0.15, -0.1) is 0 Å². The molecule has 37 heavy (non-hydrogen) atoms. The molecule has 3 aromatic heterocycles. The van der Waals surface area contributed by atoms with Crippen LogP contribution in [0.2, 0.25) is 0 Å². The van der Waals surface area contributed by atoms with Crippen LogP contribution in [0.4, 0.5) is 0 Å². The monoisotopic (exact) mass is 721 g/mol. The first-order valence-corrected chi connectivity index (χ1v) is 15.0. The summed E-state index contributed by atoms with van der Waals surface area (Å²) < 4.78 is 3.28. The van der Waals surface area contributed by atoms with Crippen LogP contribution < -0.4 is 0 Å². The summed E-state index contributed by atoms with van der Waals surface area (Å²) in [7, 11) is -2.62. The smallest absolute Gasteiger partial charge is 0.324 e. The number of aromatic nitrogens is 3. The molecule has 3 heterocycles. The molecule has 0 aliphatic carbocycles. The van der Waals surface area contributed by atoms with E-state index in [4.69, 9.17) is 14.7 Å². The van der Waals surface area contributed by atoms with Crippen molar-refractivity contribution in [1.29, 1.82) is 0 Å². The highest BCUT2D eigenvalue weighted by Crippen LogP contribution is 2.24. The molecule has 3 N–H and O–H groups in total. The van der Waals surface area contributed by atoms with Crippen molar-refractivity contribution in [3.05, 3.63) is 85.5 Å². The first kappa shape index (κ1) is 36.2. The van der Waals surface area contributed by atoms with Gasteiger partial charge in [0.1, 0.15) is 0 Å². The molecule has 0 aromatic carbocycles. The third-order valence-corrected chi connectivity index (χ3v) is 5.95. The van der Waals surface area contributed by atoms with Crippen molar-refractivity contribution >= 4 is 56.4 Å². The van der Waals surface area contributed by atoms with Gasteiger partial charge in [-0.05, 0) is 36.4 Å². The summed E-state index contributed by atoms with van der Waals surface area (Å²) in [6.07, 6.45) is 5.47. The van der Waals surface area contributed by atoms with Gasteiger partial charge in [0.15, 0.2) is 0 Å². The van der Waals surface area contributed by atoms with Crippen LogP contribution in [0.25, 0.3) is 0 Å². The molecular weight excluding hydrogens is 685 g/mol. The first-order valence-electron chi connectivity index (χ1n) is 11.5. The molecule has 206 valence electrons. The summed E-state index contributed by atoms with van der Waals surface area (Å²) in [5.41, 5.74) is 3.78. The molecule has 3 rings (SSSR count). The van der Waals surface area contributed by atoms with Crippen LogP contribution in [0.1, 0.15) is 79.4 Å². The molecule has 6 nitrogen and oxygen atoms in total. The van der Waals surface area contributed by atoms with Gasteiger partial charge in [-0.3, -0.25) is 15.0 Å². The molecule has 0 aliphatic heterocycles. The summed E-state index contributed by atoms with van der Waals surface area (Å²) in [6, 6.07) is 12.0. The Morgan fingerprint density at radius 2 is 0.703 bits per heavy atom. The van der Waals surface area contributed by atoms with E-state index in [1.807, 2.05) is 36.8 Å². The minimum absolute atomic E-state index is 0.143. The average molecular weight is 724 g/mol. The van der Waals surface area contributed by atoms with Gasteiger partial charge in [0.2, 0.25) is 0 Å². The second-order valence-electron chi connectivity index (χ2n) is 11.1. The van der Waals surface area contributed by atoms with Crippen LogP contribution in [0.15, 0.2) is 68.4 Å². The zero-order valence-corrected chi connectivity index (χ0v) is 28.6. The van der Waals surface area contributed by atoms with E-state index in [0.29, 0.717) is 0 Å². The predicted molar refractivity (Wildman–Crippen MR) is 165 cm³/mol. The van der Waals surface area contributed by atoms with E-state index in [1.165, 1.54) is 0 Å². The predicted octanol–water partition coefficient (Wildman–Crippen LogP) is 8.62. The maximum atomic E-state index is 7.23. The Labute approximate surface area is 248 Å². The molecule has 0 saturated heterocycles. The lowest BCUT2D eigenvalue weighted by Crippen LogP contribution is -2.12. The molecule has 0 spiro atoms. The number of hydrogen-bond acceptors (Lipinski definition) is 6. The van der Waals surface area contributed by atoms with Crippen LogP contribution in [0, 0.1) is 0 Å². The number of halogens is 3. The minimum Gasteiger partial charge on any atom is -0.328 e. The van der Waals surface area contributed by atoms with Crippen molar-refractivity contribution in [3.8, 4) is 0 Å². The Hall–Kier alpha value is -0.800. The molecule has 0 unspecified atom stereocenters. The Kier molecular flexibility index (Phi) is 16.0. The lowest BCUT2D eigenvalue weighted by molar-refractivity contribution is 0.368. The van der Waals surface area contributed by atoms with Crippen LogP contribution in [-0.4, -0.2) is 29.6 Å². The molecule has 0 saturated carbocycles. The number of nitrogens with zero attached hydrogens (tertiary/aromatic N) is 3. The largest absolute Gasteiger partial charge is 0.328 e. The van der Waals surface area contributed by atoms with E-state index in [9.17, 15) is 0 Å². The fourth-order valence-corrected chi connectivity index (χ4v) is 3.45. The molecule has 0 fully saturated rings. The normalized spacial score (nSPS) is 11.4. The standard InChI is InChI=1S/3C9H12BrN.H3O3P/c3*1-9(2,3)8-6-7(10)4-5-11-8;1-4(2)3/h3*4-6H,1-3H3;1-3H. The summed E-state index contributed by atoms with van der Waals surface area (Å²) in [5, 5.41) is 0. The third-order valence-electron chi connectivity index (χ3n) is 4.47. The SMILES string of the molecule is CC(C)(C)c1cc(Br)ccn1.CC(C)(C)c1cc(Br)ccn1.CC(C)(C)c1cc(Br)ccn1.OP(O)O. The highest BCUT2D eigenvalue weighted by Gasteiger charge is 2.16. The van der Waals surface area contributed by atoms with Crippen LogP contribution in [-0.2, 0) is 16.2 Å². The lowest BCUT2D eigenvalue weighted by atomic mass is 9.92. The Morgan fingerprint density at radius 1 is 0.514 bits per heavy atom. The maximum Gasteiger partial charge on any atom is 0.324 e. The third kappa shape index (κ3) is 17.4. The molecule has 0 aliphatic rings. The summed E-state index contributed by atoms with van der Waals surface area (Å²) in [5.74, 6) is 0. The Bertz CT molecular complexity index is 946. The van der Waals surface area contributed by atoms with Crippen molar-refractivity contribution < 1.29 is 14.7 Å². The van der Waals surface area contributed by atoms with Crippen LogP contribution >= 0.6 is 56.4 Å². The second kappa shape index (κ2) is 16.3. The average Bonchev–Trinajstić information content (AvgIpc) is 2.72. The van der Waals surface area contributed by atoms with E-state index in [-0.39, 0.29) is 16.2 Å². The van der Waals surface area contributed by atoms with Gasteiger partial charge in [0.05, 0.1) is 0 Å². The summed E-state index contributed by atoms with van der Waals surface area (Å²) in [4.78, 5) is 34.5. The summed E-state index contributed by atoms with van der Waals surface area (Å²) in [6.45, 7) is 19.4. The topological polar surface area (TPSA) is 99.4 Å². The van der Waals surface area contributed by atoms with Crippen LogP contribution in [0.5, 0.6) is 0 Å². The molecule has 10 heteroatoms. The fourth-order valence-electron chi connectivity index (χ4n) is 2.44. The van der Waals surface area contributed by atoms with E-state index in [0.717, 1.165) is 30.5 Å². The number of hydrogen-bond donors (Lipinski definition) is 3. The van der Waals surface area contributed by atoms with Crippen molar-refractivity contribution in [1.82, 2.24) is 15.0 Å². The zero-order chi connectivity index (χ0) is 29.0. The Morgan fingerprint density at radius 3 is 0.811 bits per heavy atom. The van der Waals surface area contributed by atoms with Crippen molar-refractivity contribution in [2.24, 2.45) is 0 Å². The lowest BCUT2D eigenvalue weighted by Gasteiger charge is -2.17. The number of rotatable bonds is 0. The molecule has 0 bridgehead atoms. The van der Waals surface area contributed by atoms with Gasteiger partial charge in [-0.1, -0.05) is 110 Å². The maximum absolute atomic E-state index is 7.23. The van der Waals surface area contributed by atoms with Gasteiger partial charge in [-0.25, -0.2) is 0 Å². The van der Waals surface area contributed by atoms with Gasteiger partial charge in [0, 0.05) is 65.3 Å². The summed E-state index contributed by atoms with van der Waals surface area (Å²) >= 11 is 10.2. The van der Waals surface area contributed by atoms with Gasteiger partial charge in [0.25, 0.3) is 0 Å². The number of pyridine rings is 3. The highest BCUT2D eigenvalue weighted by atomic mass is 79.9. The highest BCUT2D eigenvalue weighted by molar-refractivity contribution is 9.11. The minimum atomic E-state index is -2.62. The molecular formula is C27H39Br3N3O3P. The Balaban J connectivity index is 0.000000490. The first-order chi connectivity index (χ1) is 16.7. The molecule has 0 amide bonds. The van der Waals surface area contributed by atoms with Crippen molar-refractivity contribution in [2.75, 3.05) is 0 Å². The molecule has 0 atom stereocenters. The van der Waals surface area contributed by atoms with Gasteiger partial charge >= 0.3 is 8.60 Å².